The zero-order valence-corrected chi connectivity index (χ0v) is 13.8. The Bertz CT molecular complexity index is 752. The number of nitro groups is 1. The topological polar surface area (TPSA) is 81.5 Å². The van der Waals surface area contributed by atoms with Crippen LogP contribution in [0.15, 0.2) is 47.4 Å². The van der Waals surface area contributed by atoms with Crippen molar-refractivity contribution in [2.75, 3.05) is 12.4 Å². The van der Waals surface area contributed by atoms with E-state index >= 15 is 0 Å². The molecule has 0 unspecified atom stereocenters. The number of anilines is 1. The number of hydrogen-bond acceptors (Lipinski definition) is 5. The smallest absolute Gasteiger partial charge is 0.273 e. The molecular weight excluding hydrogens is 335 g/mol. The molecule has 1 N–H and O–H groups in total. The average Bonchev–Trinajstić information content (AvgIpc) is 2.56. The van der Waals surface area contributed by atoms with Crippen molar-refractivity contribution in [3.63, 3.8) is 0 Å². The lowest BCUT2D eigenvalue weighted by atomic mass is 10.2. The molecular formula is C16H15FN2O4S. The van der Waals surface area contributed by atoms with E-state index < -0.39 is 10.2 Å². The Kier molecular flexibility index (Phi) is 5.75. The number of amides is 1. The maximum Gasteiger partial charge on any atom is 0.273 e. The fourth-order valence-corrected chi connectivity index (χ4v) is 2.77. The number of nitrogens with zero attached hydrogens (tertiary/aromatic N) is 1. The minimum absolute atomic E-state index is 0.126. The molecule has 0 radical (unpaired) electrons. The van der Waals surface area contributed by atoms with Gasteiger partial charge in [0.1, 0.15) is 11.6 Å². The number of carbonyl (C=O) groups excluding carboxylic acids is 1. The molecule has 2 rings (SSSR count). The Morgan fingerprint density at radius 3 is 2.54 bits per heavy atom. The molecule has 2 aromatic carbocycles. The first-order chi connectivity index (χ1) is 11.4. The Morgan fingerprint density at radius 1 is 1.29 bits per heavy atom. The number of hydrogen-bond donors (Lipinski definition) is 1. The number of halogens is 1. The Morgan fingerprint density at radius 2 is 1.96 bits per heavy atom. The molecule has 0 aliphatic rings. The van der Waals surface area contributed by atoms with Crippen LogP contribution in [-0.2, 0) is 4.79 Å². The highest BCUT2D eigenvalue weighted by Gasteiger charge is 2.18. The first kappa shape index (κ1) is 17.7. The van der Waals surface area contributed by atoms with Crippen LogP contribution in [0, 0.1) is 15.9 Å². The third-order valence-corrected chi connectivity index (χ3v) is 4.26. The lowest BCUT2D eigenvalue weighted by molar-refractivity contribution is -0.384. The van der Waals surface area contributed by atoms with E-state index in [1.54, 1.807) is 19.1 Å². The minimum Gasteiger partial charge on any atom is -0.494 e. The number of benzene rings is 2. The molecule has 0 spiro atoms. The summed E-state index contributed by atoms with van der Waals surface area (Å²) in [5.74, 6) is -0.430. The number of nitro benzene ring substituents is 1. The van der Waals surface area contributed by atoms with Crippen LogP contribution in [0.3, 0.4) is 0 Å². The van der Waals surface area contributed by atoms with Gasteiger partial charge in [-0.3, -0.25) is 14.9 Å². The lowest BCUT2D eigenvalue weighted by Crippen LogP contribution is -2.22. The van der Waals surface area contributed by atoms with Gasteiger partial charge in [-0.25, -0.2) is 4.39 Å². The van der Waals surface area contributed by atoms with Crippen molar-refractivity contribution >= 4 is 29.0 Å². The number of carbonyl (C=O) groups is 1. The predicted molar refractivity (Wildman–Crippen MR) is 90.0 cm³/mol. The molecule has 0 fully saturated rings. The highest BCUT2D eigenvalue weighted by molar-refractivity contribution is 8.00. The summed E-state index contributed by atoms with van der Waals surface area (Å²) in [5.41, 5.74) is 0.221. The van der Waals surface area contributed by atoms with Gasteiger partial charge in [0.2, 0.25) is 5.91 Å². The minimum atomic E-state index is -0.541. The van der Waals surface area contributed by atoms with Crippen LogP contribution in [0.2, 0.25) is 0 Å². The third-order valence-electron chi connectivity index (χ3n) is 3.15. The number of nitrogens with one attached hydrogen (secondary N) is 1. The van der Waals surface area contributed by atoms with Crippen molar-refractivity contribution in [2.45, 2.75) is 17.1 Å². The van der Waals surface area contributed by atoms with Crippen LogP contribution in [0.5, 0.6) is 5.75 Å². The van der Waals surface area contributed by atoms with Gasteiger partial charge in [0.05, 0.1) is 29.0 Å². The molecule has 0 aliphatic heterocycles. The average molecular weight is 350 g/mol. The van der Waals surface area contributed by atoms with E-state index in [2.05, 4.69) is 5.32 Å². The van der Waals surface area contributed by atoms with E-state index in [0.29, 0.717) is 5.69 Å². The van der Waals surface area contributed by atoms with Crippen LogP contribution in [0.1, 0.15) is 6.92 Å². The van der Waals surface area contributed by atoms with Crippen LogP contribution < -0.4 is 10.1 Å². The van der Waals surface area contributed by atoms with Gasteiger partial charge in [-0.2, -0.15) is 0 Å². The number of rotatable bonds is 6. The first-order valence-corrected chi connectivity index (χ1v) is 7.84. The number of non-ortho nitro benzene ring substituents is 1. The highest BCUT2D eigenvalue weighted by atomic mass is 32.2. The molecule has 2 aromatic rings. The van der Waals surface area contributed by atoms with Crippen molar-refractivity contribution in [3.05, 3.63) is 58.4 Å². The maximum absolute atomic E-state index is 12.9. The molecule has 6 nitrogen and oxygen atoms in total. The summed E-state index contributed by atoms with van der Waals surface area (Å²) < 4.78 is 18.0. The number of thioether (sulfide) groups is 1. The van der Waals surface area contributed by atoms with Gasteiger partial charge in [0.25, 0.3) is 5.69 Å². The summed E-state index contributed by atoms with van der Waals surface area (Å²) >= 11 is 1.27. The number of methoxy groups -OCH3 is 1. The SMILES string of the molecule is COc1cc([N+](=O)[O-])ccc1NC(=O)[C@H](C)Sc1ccc(F)cc1. The number of ether oxygens (including phenoxy) is 1. The van der Waals surface area contributed by atoms with E-state index in [1.807, 2.05) is 0 Å². The summed E-state index contributed by atoms with van der Waals surface area (Å²) in [6, 6.07) is 9.79. The second kappa shape index (κ2) is 7.78. The van der Waals surface area contributed by atoms with Crippen LogP contribution in [-0.4, -0.2) is 23.2 Å². The van der Waals surface area contributed by atoms with Gasteiger partial charge in [-0.15, -0.1) is 11.8 Å². The lowest BCUT2D eigenvalue weighted by Gasteiger charge is -2.14. The molecule has 0 bridgehead atoms. The molecule has 0 aromatic heterocycles. The molecule has 0 saturated carbocycles. The van der Waals surface area contributed by atoms with Gasteiger partial charge >= 0.3 is 0 Å². The van der Waals surface area contributed by atoms with E-state index in [-0.39, 0.29) is 23.2 Å². The Balaban J connectivity index is 2.08. The van der Waals surface area contributed by atoms with E-state index in [4.69, 9.17) is 4.74 Å². The van der Waals surface area contributed by atoms with E-state index in [0.717, 1.165) is 4.90 Å². The summed E-state index contributed by atoms with van der Waals surface area (Å²) in [5, 5.41) is 13.0. The zero-order chi connectivity index (χ0) is 17.7. The van der Waals surface area contributed by atoms with Crippen molar-refractivity contribution in [2.24, 2.45) is 0 Å². The normalized spacial score (nSPS) is 11.6. The molecule has 24 heavy (non-hydrogen) atoms. The molecule has 8 heteroatoms. The summed E-state index contributed by atoms with van der Waals surface area (Å²) in [4.78, 5) is 23.3. The summed E-state index contributed by atoms with van der Waals surface area (Å²) in [6.07, 6.45) is 0. The molecule has 0 aliphatic carbocycles. The maximum atomic E-state index is 12.9. The quantitative estimate of drug-likeness (QED) is 0.486. The standard InChI is InChI=1S/C16H15FN2O4S/c1-10(24-13-6-3-11(17)4-7-13)16(20)18-14-8-5-12(19(21)22)9-15(14)23-2/h3-10H,1-2H3,(H,18,20)/t10-/m0/s1. The van der Waals surface area contributed by atoms with Gasteiger partial charge in [0.15, 0.2) is 0 Å². The fourth-order valence-electron chi connectivity index (χ4n) is 1.90. The molecule has 126 valence electrons. The van der Waals surface area contributed by atoms with E-state index in [1.165, 1.54) is 49.2 Å². The predicted octanol–water partition coefficient (Wildman–Crippen LogP) is 3.86. The van der Waals surface area contributed by atoms with Gasteiger partial charge in [-0.1, -0.05) is 0 Å². The second-order valence-corrected chi connectivity index (χ2v) is 6.26. The fraction of sp³-hybridized carbons (Fsp3) is 0.188. The Labute approximate surface area is 142 Å². The van der Waals surface area contributed by atoms with Crippen LogP contribution in [0.4, 0.5) is 15.8 Å². The van der Waals surface area contributed by atoms with Gasteiger partial charge < -0.3 is 10.1 Å². The second-order valence-electron chi connectivity index (χ2n) is 4.84. The van der Waals surface area contributed by atoms with Crippen LogP contribution in [0.25, 0.3) is 0 Å². The van der Waals surface area contributed by atoms with Gasteiger partial charge in [-0.05, 0) is 37.3 Å². The monoisotopic (exact) mass is 350 g/mol. The molecule has 0 heterocycles. The van der Waals surface area contributed by atoms with Crippen molar-refractivity contribution in [1.82, 2.24) is 0 Å². The molecule has 0 saturated heterocycles. The molecule has 1 amide bonds. The van der Waals surface area contributed by atoms with E-state index in [9.17, 15) is 19.3 Å². The largest absolute Gasteiger partial charge is 0.494 e. The van der Waals surface area contributed by atoms with Crippen molar-refractivity contribution < 1.29 is 18.8 Å². The first-order valence-electron chi connectivity index (χ1n) is 6.96. The van der Waals surface area contributed by atoms with Crippen LogP contribution >= 0.6 is 11.8 Å². The summed E-state index contributed by atoms with van der Waals surface area (Å²) in [6.45, 7) is 1.71. The van der Waals surface area contributed by atoms with Crippen molar-refractivity contribution in [1.29, 1.82) is 0 Å². The summed E-state index contributed by atoms with van der Waals surface area (Å²) in [7, 11) is 1.37. The third kappa shape index (κ3) is 4.45. The van der Waals surface area contributed by atoms with Gasteiger partial charge in [0, 0.05) is 11.0 Å². The Hall–Kier alpha value is -2.61. The molecule has 1 atom stereocenters. The highest BCUT2D eigenvalue weighted by Crippen LogP contribution is 2.30. The van der Waals surface area contributed by atoms with Crippen molar-refractivity contribution in [3.8, 4) is 5.75 Å². The zero-order valence-electron chi connectivity index (χ0n) is 13.0.